The Morgan fingerprint density at radius 3 is 2.34 bits per heavy atom. The second kappa shape index (κ2) is 8.43. The molecule has 4 rings (SSSR count). The molecule has 0 aliphatic carbocycles. The molecule has 3 aromatic rings. The quantitative estimate of drug-likeness (QED) is 0.711. The van der Waals surface area contributed by atoms with Crippen LogP contribution in [0, 0.1) is 19.8 Å². The summed E-state index contributed by atoms with van der Waals surface area (Å²) in [5, 5.41) is 11.9. The molecule has 0 bridgehead atoms. The monoisotopic (exact) mass is 386 g/mol. The first-order valence-corrected chi connectivity index (χ1v) is 10.1. The van der Waals surface area contributed by atoms with Gasteiger partial charge in [-0.1, -0.05) is 36.4 Å². The van der Waals surface area contributed by atoms with Crippen molar-refractivity contribution < 1.29 is 4.79 Å². The van der Waals surface area contributed by atoms with Gasteiger partial charge in [0.25, 0.3) is 0 Å². The maximum atomic E-state index is 12.7. The molecule has 1 aliphatic rings. The molecular weight excluding hydrogens is 360 g/mol. The molecule has 0 unspecified atom stereocenters. The van der Waals surface area contributed by atoms with Crippen molar-refractivity contribution in [3.63, 3.8) is 0 Å². The normalized spacial score (nSPS) is 14.6. The summed E-state index contributed by atoms with van der Waals surface area (Å²) >= 11 is 0. The molecule has 1 amide bonds. The zero-order valence-corrected chi connectivity index (χ0v) is 16.9. The Balaban J connectivity index is 1.34. The molecule has 0 atom stereocenters. The summed E-state index contributed by atoms with van der Waals surface area (Å²) < 4.78 is 0. The highest BCUT2D eigenvalue weighted by molar-refractivity contribution is 5.92. The summed E-state index contributed by atoms with van der Waals surface area (Å²) in [5.41, 5.74) is 5.24. The highest BCUT2D eigenvalue weighted by Gasteiger charge is 2.26. The smallest absolute Gasteiger partial charge is 0.227 e. The lowest BCUT2D eigenvalue weighted by Gasteiger charge is -2.31. The fourth-order valence-electron chi connectivity index (χ4n) is 3.69. The van der Waals surface area contributed by atoms with Gasteiger partial charge in [-0.3, -0.25) is 4.79 Å². The largest absolute Gasteiger partial charge is 0.355 e. The Hall–Kier alpha value is -3.21. The number of benzene rings is 2. The molecule has 1 aliphatic heterocycles. The molecule has 1 N–H and O–H groups in total. The summed E-state index contributed by atoms with van der Waals surface area (Å²) in [7, 11) is 0. The molecule has 1 saturated heterocycles. The number of carbonyl (C=O) groups excluding carboxylic acids is 1. The minimum Gasteiger partial charge on any atom is -0.355 e. The number of carbonyl (C=O) groups is 1. The highest BCUT2D eigenvalue weighted by Crippen LogP contribution is 2.25. The number of rotatable bonds is 4. The fraction of sp³-hybridized carbons (Fsp3) is 0.292. The Labute approximate surface area is 171 Å². The lowest BCUT2D eigenvalue weighted by molar-refractivity contribution is -0.120. The van der Waals surface area contributed by atoms with E-state index in [1.165, 1.54) is 11.1 Å². The van der Waals surface area contributed by atoms with Gasteiger partial charge in [-0.25, -0.2) is 0 Å². The maximum Gasteiger partial charge on any atom is 0.227 e. The number of nitrogens with one attached hydrogen (secondary N) is 1. The number of hydrogen-bond donors (Lipinski definition) is 1. The van der Waals surface area contributed by atoms with Gasteiger partial charge in [-0.2, -0.15) is 0 Å². The number of anilines is 2. The first-order chi connectivity index (χ1) is 14.1. The second-order valence-electron chi connectivity index (χ2n) is 7.69. The molecule has 0 radical (unpaired) electrons. The number of piperidine rings is 1. The van der Waals surface area contributed by atoms with Crippen LogP contribution >= 0.6 is 0 Å². The maximum absolute atomic E-state index is 12.7. The van der Waals surface area contributed by atoms with Crippen LogP contribution in [0.2, 0.25) is 0 Å². The van der Waals surface area contributed by atoms with Gasteiger partial charge >= 0.3 is 0 Å². The molecule has 5 nitrogen and oxygen atoms in total. The van der Waals surface area contributed by atoms with Crippen LogP contribution in [-0.4, -0.2) is 29.2 Å². The van der Waals surface area contributed by atoms with Crippen LogP contribution in [0.3, 0.4) is 0 Å². The molecule has 2 aromatic carbocycles. The molecule has 0 spiro atoms. The summed E-state index contributed by atoms with van der Waals surface area (Å²) in [6.07, 6.45) is 1.64. The Bertz CT molecular complexity index is 978. The van der Waals surface area contributed by atoms with Crippen LogP contribution in [-0.2, 0) is 4.79 Å². The average Bonchev–Trinajstić information content (AvgIpc) is 2.77. The van der Waals surface area contributed by atoms with E-state index in [1.807, 2.05) is 60.7 Å². The molecule has 148 valence electrons. The van der Waals surface area contributed by atoms with Crippen LogP contribution in [0.1, 0.15) is 24.0 Å². The number of aromatic nitrogens is 2. The van der Waals surface area contributed by atoms with Crippen molar-refractivity contribution in [3.05, 3.63) is 71.8 Å². The zero-order valence-electron chi connectivity index (χ0n) is 16.9. The van der Waals surface area contributed by atoms with Gasteiger partial charge < -0.3 is 10.2 Å². The first-order valence-electron chi connectivity index (χ1n) is 10.1. The SMILES string of the molecule is Cc1ccc(NC(=O)C2CCN(c3ccc(-c4ccccc4)nn3)CC2)cc1C. The predicted molar refractivity (Wildman–Crippen MR) is 117 cm³/mol. The Kier molecular flexibility index (Phi) is 5.56. The van der Waals surface area contributed by atoms with Crippen LogP contribution < -0.4 is 10.2 Å². The Morgan fingerprint density at radius 1 is 0.931 bits per heavy atom. The van der Waals surface area contributed by atoms with Gasteiger partial charge in [0.05, 0.1) is 5.69 Å². The molecule has 2 heterocycles. The van der Waals surface area contributed by atoms with E-state index in [1.54, 1.807) is 0 Å². The molecule has 0 saturated carbocycles. The van der Waals surface area contributed by atoms with E-state index in [9.17, 15) is 4.79 Å². The van der Waals surface area contributed by atoms with Gasteiger partial charge in [-0.15, -0.1) is 10.2 Å². The molecule has 1 fully saturated rings. The number of amides is 1. The lowest BCUT2D eigenvalue weighted by Crippen LogP contribution is -2.38. The van der Waals surface area contributed by atoms with Crippen molar-refractivity contribution in [2.45, 2.75) is 26.7 Å². The van der Waals surface area contributed by atoms with Crippen molar-refractivity contribution in [1.82, 2.24) is 10.2 Å². The topological polar surface area (TPSA) is 58.1 Å². The standard InChI is InChI=1S/C24H26N4O/c1-17-8-9-21(16-18(17)2)25-24(29)20-12-14-28(15-13-20)23-11-10-22(26-27-23)19-6-4-3-5-7-19/h3-11,16,20H,12-15H2,1-2H3,(H,25,29). The molecule has 5 heteroatoms. The van der Waals surface area contributed by atoms with Gasteiger partial charge in [0.15, 0.2) is 5.82 Å². The minimum absolute atomic E-state index is 0.0319. The van der Waals surface area contributed by atoms with E-state index in [0.717, 1.165) is 48.7 Å². The van der Waals surface area contributed by atoms with Crippen molar-refractivity contribution in [3.8, 4) is 11.3 Å². The summed E-state index contributed by atoms with van der Waals surface area (Å²) in [6.45, 7) is 5.76. The lowest BCUT2D eigenvalue weighted by atomic mass is 9.95. The van der Waals surface area contributed by atoms with E-state index >= 15 is 0 Å². The van der Waals surface area contributed by atoms with Crippen molar-refractivity contribution in [2.24, 2.45) is 5.92 Å². The van der Waals surface area contributed by atoms with E-state index in [-0.39, 0.29) is 11.8 Å². The van der Waals surface area contributed by atoms with Gasteiger partial charge in [-0.05, 0) is 62.1 Å². The molecule has 1 aromatic heterocycles. The molecule has 29 heavy (non-hydrogen) atoms. The highest BCUT2D eigenvalue weighted by atomic mass is 16.1. The third-order valence-electron chi connectivity index (χ3n) is 5.68. The average molecular weight is 386 g/mol. The van der Waals surface area contributed by atoms with Crippen molar-refractivity contribution >= 4 is 17.4 Å². The van der Waals surface area contributed by atoms with Crippen molar-refractivity contribution in [1.29, 1.82) is 0 Å². The predicted octanol–water partition coefficient (Wildman–Crippen LogP) is 4.62. The zero-order chi connectivity index (χ0) is 20.2. The number of aryl methyl sites for hydroxylation is 2. The summed E-state index contributed by atoms with van der Waals surface area (Å²) in [5.74, 6) is 1.01. The van der Waals surface area contributed by atoms with Crippen LogP contribution in [0.5, 0.6) is 0 Å². The van der Waals surface area contributed by atoms with E-state index in [0.29, 0.717) is 0 Å². The molecular formula is C24H26N4O. The van der Waals surface area contributed by atoms with E-state index in [2.05, 4.69) is 34.3 Å². The van der Waals surface area contributed by atoms with Crippen LogP contribution in [0.25, 0.3) is 11.3 Å². The van der Waals surface area contributed by atoms with Gasteiger partial charge in [0.1, 0.15) is 0 Å². The van der Waals surface area contributed by atoms with Gasteiger partial charge in [0, 0.05) is 30.3 Å². The summed E-state index contributed by atoms with van der Waals surface area (Å²) in [6, 6.07) is 20.1. The Morgan fingerprint density at radius 2 is 1.69 bits per heavy atom. The number of hydrogen-bond acceptors (Lipinski definition) is 4. The first kappa shape index (κ1) is 19.1. The minimum atomic E-state index is 0.0319. The fourth-order valence-corrected chi connectivity index (χ4v) is 3.69. The number of nitrogens with zero attached hydrogens (tertiary/aromatic N) is 3. The van der Waals surface area contributed by atoms with E-state index in [4.69, 9.17) is 0 Å². The van der Waals surface area contributed by atoms with Crippen molar-refractivity contribution in [2.75, 3.05) is 23.3 Å². The summed E-state index contributed by atoms with van der Waals surface area (Å²) in [4.78, 5) is 14.9. The van der Waals surface area contributed by atoms with Crippen LogP contribution in [0.15, 0.2) is 60.7 Å². The third-order valence-corrected chi connectivity index (χ3v) is 5.68. The van der Waals surface area contributed by atoms with Gasteiger partial charge in [0.2, 0.25) is 5.91 Å². The van der Waals surface area contributed by atoms with Crippen LogP contribution in [0.4, 0.5) is 11.5 Å². The van der Waals surface area contributed by atoms with E-state index < -0.39 is 0 Å². The second-order valence-corrected chi connectivity index (χ2v) is 7.69. The third kappa shape index (κ3) is 4.45.